The van der Waals surface area contributed by atoms with E-state index < -0.39 is 4.92 Å². The van der Waals surface area contributed by atoms with E-state index in [2.05, 4.69) is 23.8 Å². The molecule has 21 heavy (non-hydrogen) atoms. The fraction of sp³-hybridized carbons (Fsp3) is 0.286. The fourth-order valence-corrected chi connectivity index (χ4v) is 1.86. The Morgan fingerprint density at radius 2 is 2.10 bits per heavy atom. The number of aromatic nitrogens is 2. The van der Waals surface area contributed by atoms with E-state index in [1.165, 1.54) is 0 Å². The first kappa shape index (κ1) is 15.2. The van der Waals surface area contributed by atoms with Crippen LogP contribution in [0.2, 0.25) is 5.28 Å². The molecule has 0 radical (unpaired) electrons. The molecule has 0 saturated carbocycles. The normalized spacial score (nSPS) is 10.7. The van der Waals surface area contributed by atoms with Gasteiger partial charge in [0.05, 0.1) is 4.92 Å². The van der Waals surface area contributed by atoms with Gasteiger partial charge in [0.15, 0.2) is 0 Å². The summed E-state index contributed by atoms with van der Waals surface area (Å²) >= 11 is 5.68. The quantitative estimate of drug-likeness (QED) is 0.479. The predicted octanol–water partition coefficient (Wildman–Crippen LogP) is 4.26. The Balaban J connectivity index is 2.44. The number of nitro groups is 1. The van der Waals surface area contributed by atoms with Crippen LogP contribution in [0.25, 0.3) is 0 Å². The topological polar surface area (TPSA) is 78.2 Å². The monoisotopic (exact) mass is 307 g/mol. The molecule has 110 valence electrons. The highest BCUT2D eigenvalue weighted by Crippen LogP contribution is 2.32. The van der Waals surface area contributed by atoms with Gasteiger partial charge in [-0.05, 0) is 41.6 Å². The predicted molar refractivity (Wildman–Crippen MR) is 79.0 cm³/mol. The lowest BCUT2D eigenvalue weighted by Gasteiger charge is -2.12. The van der Waals surface area contributed by atoms with E-state index in [-0.39, 0.29) is 16.9 Å². The molecule has 2 rings (SSSR count). The van der Waals surface area contributed by atoms with Gasteiger partial charge in [0, 0.05) is 0 Å². The fourth-order valence-electron chi connectivity index (χ4n) is 1.73. The number of rotatable bonds is 4. The standard InChI is InChI=1S/C14H14ClN3O3/c1-8(2)10-5-4-9(3)12(6-10)21-13-11(18(19)20)7-16-14(15)17-13/h4-8H,1-3H3. The van der Waals surface area contributed by atoms with E-state index in [1.54, 1.807) is 0 Å². The molecule has 1 aromatic heterocycles. The minimum absolute atomic E-state index is 0.103. The molecule has 0 aliphatic heterocycles. The molecule has 0 aliphatic carbocycles. The Morgan fingerprint density at radius 3 is 2.71 bits per heavy atom. The van der Waals surface area contributed by atoms with Gasteiger partial charge >= 0.3 is 11.6 Å². The van der Waals surface area contributed by atoms with Crippen molar-refractivity contribution >= 4 is 17.3 Å². The van der Waals surface area contributed by atoms with Crippen LogP contribution >= 0.6 is 11.6 Å². The summed E-state index contributed by atoms with van der Waals surface area (Å²) in [7, 11) is 0. The maximum absolute atomic E-state index is 11.0. The molecular weight excluding hydrogens is 294 g/mol. The summed E-state index contributed by atoms with van der Waals surface area (Å²) < 4.78 is 5.60. The highest BCUT2D eigenvalue weighted by atomic mass is 35.5. The average molecular weight is 308 g/mol. The number of aryl methyl sites for hydroxylation is 1. The molecule has 0 N–H and O–H groups in total. The van der Waals surface area contributed by atoms with Crippen molar-refractivity contribution in [2.75, 3.05) is 0 Å². The molecule has 0 spiro atoms. The van der Waals surface area contributed by atoms with Gasteiger partial charge in [-0.1, -0.05) is 26.0 Å². The van der Waals surface area contributed by atoms with Crippen LogP contribution in [0.3, 0.4) is 0 Å². The van der Waals surface area contributed by atoms with E-state index in [0.29, 0.717) is 11.7 Å². The highest BCUT2D eigenvalue weighted by Gasteiger charge is 2.20. The number of hydrogen-bond donors (Lipinski definition) is 0. The van der Waals surface area contributed by atoms with Crippen LogP contribution < -0.4 is 4.74 Å². The van der Waals surface area contributed by atoms with E-state index in [4.69, 9.17) is 16.3 Å². The van der Waals surface area contributed by atoms with Crippen LogP contribution in [0.4, 0.5) is 5.69 Å². The lowest BCUT2D eigenvalue weighted by atomic mass is 10.0. The van der Waals surface area contributed by atoms with Crippen LogP contribution in [0.15, 0.2) is 24.4 Å². The van der Waals surface area contributed by atoms with Gasteiger partial charge in [-0.3, -0.25) is 10.1 Å². The summed E-state index contributed by atoms with van der Waals surface area (Å²) in [6, 6.07) is 5.74. The second-order valence-corrected chi connectivity index (χ2v) is 5.21. The van der Waals surface area contributed by atoms with Crippen molar-refractivity contribution in [1.29, 1.82) is 0 Å². The van der Waals surface area contributed by atoms with Crippen molar-refractivity contribution in [2.45, 2.75) is 26.7 Å². The summed E-state index contributed by atoms with van der Waals surface area (Å²) in [5.74, 6) is 0.667. The number of halogens is 1. The van der Waals surface area contributed by atoms with Gasteiger partial charge in [-0.15, -0.1) is 0 Å². The van der Waals surface area contributed by atoms with Gasteiger partial charge in [-0.2, -0.15) is 4.98 Å². The molecule has 0 fully saturated rings. The molecular formula is C14H14ClN3O3. The third-order valence-corrected chi connectivity index (χ3v) is 3.17. The third kappa shape index (κ3) is 3.46. The number of benzene rings is 1. The summed E-state index contributed by atoms with van der Waals surface area (Å²) in [5, 5.41) is 10.9. The molecule has 1 aromatic carbocycles. The number of nitrogens with zero attached hydrogens (tertiary/aromatic N) is 3. The third-order valence-electron chi connectivity index (χ3n) is 2.99. The molecule has 6 nitrogen and oxygen atoms in total. The Hall–Kier alpha value is -2.21. The minimum Gasteiger partial charge on any atom is -0.433 e. The number of ether oxygens (including phenoxy) is 1. The van der Waals surface area contributed by atoms with Gasteiger partial charge in [0.25, 0.3) is 0 Å². The van der Waals surface area contributed by atoms with Crippen molar-refractivity contribution in [2.24, 2.45) is 0 Å². The largest absolute Gasteiger partial charge is 0.433 e. The SMILES string of the molecule is Cc1ccc(C(C)C)cc1Oc1nc(Cl)ncc1[N+](=O)[O-]. The lowest BCUT2D eigenvalue weighted by Crippen LogP contribution is -1.99. The first-order chi connectivity index (χ1) is 9.88. The first-order valence-corrected chi connectivity index (χ1v) is 6.71. The Labute approximate surface area is 126 Å². The maximum Gasteiger partial charge on any atom is 0.349 e. The van der Waals surface area contributed by atoms with Crippen molar-refractivity contribution in [1.82, 2.24) is 9.97 Å². The second kappa shape index (κ2) is 6.05. The zero-order valence-electron chi connectivity index (χ0n) is 11.8. The first-order valence-electron chi connectivity index (χ1n) is 6.34. The van der Waals surface area contributed by atoms with Crippen molar-refractivity contribution in [3.05, 3.63) is 50.9 Å². The molecule has 0 amide bonds. The molecule has 1 heterocycles. The molecule has 2 aromatic rings. The smallest absolute Gasteiger partial charge is 0.349 e. The highest BCUT2D eigenvalue weighted by molar-refractivity contribution is 6.28. The zero-order valence-corrected chi connectivity index (χ0v) is 12.6. The minimum atomic E-state index is -0.604. The Kier molecular flexibility index (Phi) is 4.37. The second-order valence-electron chi connectivity index (χ2n) is 4.87. The van der Waals surface area contributed by atoms with Crippen molar-refractivity contribution < 1.29 is 9.66 Å². The molecule has 7 heteroatoms. The molecule has 0 aliphatic rings. The van der Waals surface area contributed by atoms with Crippen LogP contribution in [-0.4, -0.2) is 14.9 Å². The number of hydrogen-bond acceptors (Lipinski definition) is 5. The van der Waals surface area contributed by atoms with Gasteiger partial charge in [-0.25, -0.2) is 4.98 Å². The summed E-state index contributed by atoms with van der Waals surface area (Å²) in [6.07, 6.45) is 1.03. The van der Waals surface area contributed by atoms with E-state index >= 15 is 0 Å². The van der Waals surface area contributed by atoms with E-state index in [1.807, 2.05) is 25.1 Å². The van der Waals surface area contributed by atoms with E-state index in [0.717, 1.165) is 17.3 Å². The Bertz CT molecular complexity index is 689. The van der Waals surface area contributed by atoms with Crippen LogP contribution in [0, 0.1) is 17.0 Å². The van der Waals surface area contributed by atoms with Crippen LogP contribution in [0.5, 0.6) is 11.6 Å². The van der Waals surface area contributed by atoms with Gasteiger partial charge < -0.3 is 4.74 Å². The average Bonchev–Trinajstić information content (AvgIpc) is 2.40. The van der Waals surface area contributed by atoms with Crippen LogP contribution in [-0.2, 0) is 0 Å². The Morgan fingerprint density at radius 1 is 1.38 bits per heavy atom. The maximum atomic E-state index is 11.0. The summed E-state index contributed by atoms with van der Waals surface area (Å²) in [6.45, 7) is 5.96. The van der Waals surface area contributed by atoms with Crippen molar-refractivity contribution in [3.63, 3.8) is 0 Å². The zero-order chi connectivity index (χ0) is 15.6. The molecule has 0 bridgehead atoms. The summed E-state index contributed by atoms with van der Waals surface area (Å²) in [4.78, 5) is 17.8. The van der Waals surface area contributed by atoms with E-state index in [9.17, 15) is 10.1 Å². The van der Waals surface area contributed by atoms with Crippen LogP contribution in [0.1, 0.15) is 30.9 Å². The lowest BCUT2D eigenvalue weighted by molar-refractivity contribution is -0.386. The molecule has 0 unspecified atom stereocenters. The molecule has 0 atom stereocenters. The molecule has 0 saturated heterocycles. The van der Waals surface area contributed by atoms with Crippen molar-refractivity contribution in [3.8, 4) is 11.6 Å². The summed E-state index contributed by atoms with van der Waals surface area (Å²) in [5.41, 5.74) is 1.59. The van der Waals surface area contributed by atoms with Gasteiger partial charge in [0.1, 0.15) is 11.9 Å². The van der Waals surface area contributed by atoms with Gasteiger partial charge in [0.2, 0.25) is 5.28 Å².